The minimum atomic E-state index is -2.17. The van der Waals surface area contributed by atoms with Crippen LogP contribution >= 0.6 is 0 Å². The third kappa shape index (κ3) is 6.63. The van der Waals surface area contributed by atoms with Crippen molar-refractivity contribution in [1.82, 2.24) is 0 Å². The Morgan fingerprint density at radius 2 is 1.89 bits per heavy atom. The zero-order valence-corrected chi connectivity index (χ0v) is 19.1. The minimum Gasteiger partial charge on any atom is -0.493 e. The summed E-state index contributed by atoms with van der Waals surface area (Å²) in [5.74, 6) is 0.125. The van der Waals surface area contributed by atoms with Crippen LogP contribution in [0.4, 0.5) is 0 Å². The molecule has 1 aromatic rings. The maximum Gasteiger partial charge on any atom is 0.306 e. The summed E-state index contributed by atoms with van der Waals surface area (Å²) < 4.78 is 17.9. The molecule has 0 fully saturated rings. The Bertz CT molecular complexity index is 678. The topological polar surface area (TPSA) is 82.1 Å². The van der Waals surface area contributed by atoms with Gasteiger partial charge in [-0.1, -0.05) is 27.7 Å². The van der Waals surface area contributed by atoms with Crippen molar-refractivity contribution in [3.63, 3.8) is 0 Å². The van der Waals surface area contributed by atoms with Crippen LogP contribution in [-0.4, -0.2) is 45.0 Å². The molecule has 0 bridgehead atoms. The normalized spacial score (nSPS) is 13.1. The number of hydrogen-bond donors (Lipinski definition) is 1. The Morgan fingerprint density at radius 1 is 1.25 bits per heavy atom. The van der Waals surface area contributed by atoms with Gasteiger partial charge >= 0.3 is 5.97 Å². The zero-order chi connectivity index (χ0) is 21.5. The number of rotatable bonds is 11. The number of aliphatic carboxylic acids is 1. The van der Waals surface area contributed by atoms with Crippen LogP contribution < -0.4 is 9.47 Å². The van der Waals surface area contributed by atoms with Crippen LogP contribution in [0.5, 0.6) is 11.5 Å². The first kappa shape index (κ1) is 24.2. The van der Waals surface area contributed by atoms with E-state index in [4.69, 9.17) is 13.9 Å². The molecule has 0 amide bonds. The summed E-state index contributed by atoms with van der Waals surface area (Å²) in [6, 6.07) is 3.41. The van der Waals surface area contributed by atoms with Gasteiger partial charge < -0.3 is 19.0 Å². The van der Waals surface area contributed by atoms with E-state index in [1.807, 2.05) is 13.8 Å². The van der Waals surface area contributed by atoms with Crippen molar-refractivity contribution in [2.75, 3.05) is 13.2 Å². The summed E-state index contributed by atoms with van der Waals surface area (Å²) in [6.45, 7) is 14.9. The summed E-state index contributed by atoms with van der Waals surface area (Å²) in [4.78, 5) is 22.8. The van der Waals surface area contributed by atoms with Crippen molar-refractivity contribution in [2.45, 2.75) is 71.7 Å². The lowest BCUT2D eigenvalue weighted by atomic mass is 10.1. The molecule has 6 nitrogen and oxygen atoms in total. The van der Waals surface area contributed by atoms with E-state index in [1.54, 1.807) is 12.1 Å². The van der Waals surface area contributed by atoms with E-state index in [-0.39, 0.29) is 18.1 Å². The lowest BCUT2D eigenvalue weighted by Crippen LogP contribution is -2.46. The molecule has 0 radical (unpaired) electrons. The SMILES string of the molecule is CCCOc1ccc(C=O)c(OC[C@@H](CC(=O)O)O[Si](C)(C)C(C)(C)C)c1C. The number of carbonyl (C=O) groups excluding carboxylic acids is 1. The molecule has 0 spiro atoms. The van der Waals surface area contributed by atoms with Crippen LogP contribution in [0, 0.1) is 6.92 Å². The molecule has 0 unspecified atom stereocenters. The zero-order valence-electron chi connectivity index (χ0n) is 18.1. The molecular formula is C21H34O6Si. The summed E-state index contributed by atoms with van der Waals surface area (Å²) in [7, 11) is -2.17. The van der Waals surface area contributed by atoms with Crippen molar-refractivity contribution in [2.24, 2.45) is 0 Å². The summed E-state index contributed by atoms with van der Waals surface area (Å²) in [5, 5.41) is 9.23. The van der Waals surface area contributed by atoms with Gasteiger partial charge in [0.05, 0.1) is 24.7 Å². The van der Waals surface area contributed by atoms with Gasteiger partial charge in [0.2, 0.25) is 0 Å². The number of ether oxygens (including phenoxy) is 2. The van der Waals surface area contributed by atoms with E-state index in [0.717, 1.165) is 18.3 Å². The lowest BCUT2D eigenvalue weighted by molar-refractivity contribution is -0.139. The number of carbonyl (C=O) groups is 2. The molecule has 7 heteroatoms. The standard InChI is InChI=1S/C21H34O6Si/c1-8-11-25-18-10-9-16(13-22)20(15(18)2)26-14-17(12-19(23)24)27-28(6,7)21(3,4)5/h9-10,13,17H,8,11-12,14H2,1-7H3,(H,23,24)/t17-/m1/s1. The molecule has 0 saturated heterocycles. The van der Waals surface area contributed by atoms with Gasteiger partial charge in [0.25, 0.3) is 0 Å². The molecule has 1 aromatic carbocycles. The van der Waals surface area contributed by atoms with Gasteiger partial charge in [-0.2, -0.15) is 0 Å². The molecule has 28 heavy (non-hydrogen) atoms. The number of aldehydes is 1. The highest BCUT2D eigenvalue weighted by atomic mass is 28.4. The monoisotopic (exact) mass is 410 g/mol. The van der Waals surface area contributed by atoms with Crippen LogP contribution in [0.25, 0.3) is 0 Å². The van der Waals surface area contributed by atoms with Crippen LogP contribution in [0.2, 0.25) is 18.1 Å². The Balaban J connectivity index is 3.06. The van der Waals surface area contributed by atoms with Crippen LogP contribution in [0.15, 0.2) is 12.1 Å². The van der Waals surface area contributed by atoms with Gasteiger partial charge in [-0.25, -0.2) is 0 Å². The number of benzene rings is 1. The fourth-order valence-corrected chi connectivity index (χ4v) is 3.78. The van der Waals surface area contributed by atoms with E-state index in [1.165, 1.54) is 0 Å². The van der Waals surface area contributed by atoms with Gasteiger partial charge in [-0.15, -0.1) is 0 Å². The fourth-order valence-electron chi connectivity index (χ4n) is 2.45. The second kappa shape index (κ2) is 10.1. The van der Waals surface area contributed by atoms with E-state index >= 15 is 0 Å². The smallest absolute Gasteiger partial charge is 0.306 e. The summed E-state index contributed by atoms with van der Waals surface area (Å²) >= 11 is 0. The molecule has 1 rings (SSSR count). The third-order valence-electron chi connectivity index (χ3n) is 5.06. The summed E-state index contributed by atoms with van der Waals surface area (Å²) in [6.07, 6.45) is 0.838. The Hall–Kier alpha value is -1.86. The first-order valence-electron chi connectivity index (χ1n) is 9.67. The number of carboxylic acid groups (broad SMARTS) is 1. The summed E-state index contributed by atoms with van der Waals surface area (Å²) in [5.41, 5.74) is 1.13. The van der Waals surface area contributed by atoms with Crippen LogP contribution in [-0.2, 0) is 9.22 Å². The van der Waals surface area contributed by atoms with Crippen LogP contribution in [0.1, 0.15) is 56.5 Å². The van der Waals surface area contributed by atoms with Crippen molar-refractivity contribution >= 4 is 20.6 Å². The second-order valence-electron chi connectivity index (χ2n) is 8.48. The maximum atomic E-state index is 11.4. The van der Waals surface area contributed by atoms with Crippen molar-refractivity contribution in [3.05, 3.63) is 23.3 Å². The highest BCUT2D eigenvalue weighted by molar-refractivity contribution is 6.74. The van der Waals surface area contributed by atoms with E-state index < -0.39 is 20.4 Å². The second-order valence-corrected chi connectivity index (χ2v) is 13.2. The molecule has 0 saturated carbocycles. The van der Waals surface area contributed by atoms with Gasteiger partial charge in [-0.3, -0.25) is 9.59 Å². The van der Waals surface area contributed by atoms with E-state index in [0.29, 0.717) is 23.7 Å². The van der Waals surface area contributed by atoms with Crippen molar-refractivity contribution in [1.29, 1.82) is 0 Å². The van der Waals surface area contributed by atoms with Crippen molar-refractivity contribution < 1.29 is 28.6 Å². The molecule has 0 heterocycles. The molecule has 1 atom stereocenters. The first-order chi connectivity index (χ1) is 12.9. The minimum absolute atomic E-state index is 0.0533. The van der Waals surface area contributed by atoms with Crippen molar-refractivity contribution in [3.8, 4) is 11.5 Å². The van der Waals surface area contributed by atoms with Gasteiger partial charge in [0, 0.05) is 5.56 Å². The predicted octanol–water partition coefficient (Wildman–Crippen LogP) is 4.84. The van der Waals surface area contributed by atoms with E-state index in [2.05, 4.69) is 33.9 Å². The van der Waals surface area contributed by atoms with Gasteiger partial charge in [0.15, 0.2) is 14.6 Å². The highest BCUT2D eigenvalue weighted by Crippen LogP contribution is 2.38. The first-order valence-corrected chi connectivity index (χ1v) is 12.6. The number of hydrogen-bond acceptors (Lipinski definition) is 5. The largest absolute Gasteiger partial charge is 0.493 e. The molecule has 0 aliphatic heterocycles. The quantitative estimate of drug-likeness (QED) is 0.415. The molecule has 0 aliphatic carbocycles. The molecule has 0 aliphatic rings. The average Bonchev–Trinajstić information content (AvgIpc) is 2.57. The third-order valence-corrected chi connectivity index (χ3v) is 9.59. The Kier molecular flexibility index (Phi) is 8.69. The van der Waals surface area contributed by atoms with E-state index in [9.17, 15) is 14.7 Å². The molecule has 1 N–H and O–H groups in total. The van der Waals surface area contributed by atoms with Gasteiger partial charge in [-0.05, 0) is 43.6 Å². The molecule has 0 aromatic heterocycles. The Morgan fingerprint density at radius 3 is 2.39 bits per heavy atom. The van der Waals surface area contributed by atoms with Gasteiger partial charge in [0.1, 0.15) is 18.1 Å². The number of carboxylic acids is 1. The highest BCUT2D eigenvalue weighted by Gasteiger charge is 2.39. The average molecular weight is 411 g/mol. The fraction of sp³-hybridized carbons (Fsp3) is 0.619. The Labute approximate surface area is 169 Å². The lowest BCUT2D eigenvalue weighted by Gasteiger charge is -2.39. The predicted molar refractivity (Wildman–Crippen MR) is 112 cm³/mol. The van der Waals surface area contributed by atoms with Crippen LogP contribution in [0.3, 0.4) is 0 Å². The molecular weight excluding hydrogens is 376 g/mol. The maximum absolute atomic E-state index is 11.4. The molecule has 158 valence electrons.